The monoisotopic (exact) mass is 441 g/mol. The molecule has 2 aromatic heterocycles. The van der Waals surface area contributed by atoms with Crippen molar-refractivity contribution in [2.75, 3.05) is 19.8 Å². The van der Waals surface area contributed by atoms with Gasteiger partial charge in [-0.3, -0.25) is 4.98 Å². The molecule has 2 aromatic rings. The number of aromatic nitrogens is 3. The molecule has 0 spiro atoms. The van der Waals surface area contributed by atoms with Crippen molar-refractivity contribution in [2.24, 2.45) is 0 Å². The molecule has 0 saturated carbocycles. The van der Waals surface area contributed by atoms with Gasteiger partial charge in [-0.25, -0.2) is 0 Å². The average molecular weight is 442 g/mol. The largest absolute Gasteiger partial charge is 0.477 e. The van der Waals surface area contributed by atoms with Crippen molar-refractivity contribution in [2.45, 2.75) is 97.3 Å². The number of pyridine rings is 1. The molecule has 5 heteroatoms. The van der Waals surface area contributed by atoms with E-state index in [1.807, 2.05) is 24.4 Å². The fourth-order valence-electron chi connectivity index (χ4n) is 3.58. The van der Waals surface area contributed by atoms with Crippen molar-refractivity contribution in [3.05, 3.63) is 36.0 Å². The second kappa shape index (κ2) is 17.5. The van der Waals surface area contributed by atoms with Crippen LogP contribution in [0.3, 0.4) is 0 Å². The molecule has 0 radical (unpaired) electrons. The topological polar surface area (TPSA) is 57.1 Å². The van der Waals surface area contributed by atoms with E-state index in [9.17, 15) is 0 Å². The molecule has 0 amide bonds. The zero-order valence-corrected chi connectivity index (χ0v) is 20.4. The highest BCUT2D eigenvalue weighted by molar-refractivity contribution is 5.53. The number of nitrogens with zero attached hydrogens (tertiary/aromatic N) is 3. The molecule has 0 fully saturated rings. The van der Waals surface area contributed by atoms with Gasteiger partial charge in [0.05, 0.1) is 12.3 Å². The van der Waals surface area contributed by atoms with Crippen LogP contribution >= 0.6 is 0 Å². The first-order valence-electron chi connectivity index (χ1n) is 12.8. The second-order valence-corrected chi connectivity index (χ2v) is 8.55. The van der Waals surface area contributed by atoms with Gasteiger partial charge in [-0.15, -0.1) is 10.2 Å². The third kappa shape index (κ3) is 11.6. The zero-order valence-electron chi connectivity index (χ0n) is 20.4. The smallest absolute Gasteiger partial charge is 0.233 e. The summed E-state index contributed by atoms with van der Waals surface area (Å²) in [7, 11) is 0. The molecule has 0 aromatic carbocycles. The Morgan fingerprint density at radius 3 is 1.97 bits per heavy atom. The molecule has 0 aliphatic heterocycles. The molecule has 32 heavy (non-hydrogen) atoms. The average Bonchev–Trinajstić information content (AvgIpc) is 2.83. The molecular formula is C27H43N3O2. The van der Waals surface area contributed by atoms with Gasteiger partial charge in [-0.05, 0) is 49.8 Å². The van der Waals surface area contributed by atoms with E-state index in [-0.39, 0.29) is 0 Å². The summed E-state index contributed by atoms with van der Waals surface area (Å²) < 4.78 is 11.4. The van der Waals surface area contributed by atoms with E-state index in [2.05, 4.69) is 35.1 Å². The van der Waals surface area contributed by atoms with Gasteiger partial charge in [0.15, 0.2) is 0 Å². The molecule has 0 N–H and O–H groups in total. The maximum atomic E-state index is 5.71. The Balaban J connectivity index is 1.60. The number of hydrogen-bond acceptors (Lipinski definition) is 5. The van der Waals surface area contributed by atoms with E-state index in [0.717, 1.165) is 50.3 Å². The highest BCUT2D eigenvalue weighted by Crippen LogP contribution is 2.17. The molecule has 2 heterocycles. The van der Waals surface area contributed by atoms with Crippen LogP contribution in [0, 0.1) is 0 Å². The third-order valence-corrected chi connectivity index (χ3v) is 5.62. The lowest BCUT2D eigenvalue weighted by molar-refractivity contribution is 0.126. The number of ether oxygens (including phenoxy) is 2. The predicted octanol–water partition coefficient (Wildman–Crippen LogP) is 7.20. The summed E-state index contributed by atoms with van der Waals surface area (Å²) in [6.45, 7) is 6.94. The number of aryl methyl sites for hydroxylation is 1. The van der Waals surface area contributed by atoms with Crippen LogP contribution in [0.15, 0.2) is 30.5 Å². The van der Waals surface area contributed by atoms with E-state index in [1.54, 1.807) is 0 Å². The minimum atomic E-state index is 0.589. The first kappa shape index (κ1) is 26.2. The minimum absolute atomic E-state index is 0.589. The van der Waals surface area contributed by atoms with Crippen LogP contribution < -0.4 is 4.74 Å². The Bertz CT molecular complexity index is 689. The van der Waals surface area contributed by atoms with Crippen molar-refractivity contribution in [3.63, 3.8) is 0 Å². The van der Waals surface area contributed by atoms with Crippen LogP contribution in [0.25, 0.3) is 11.4 Å². The maximum absolute atomic E-state index is 5.71. The number of hydrogen-bond donors (Lipinski definition) is 0. The summed E-state index contributed by atoms with van der Waals surface area (Å²) in [5, 5.41) is 8.49. The van der Waals surface area contributed by atoms with E-state index >= 15 is 0 Å². The molecule has 5 nitrogen and oxygen atoms in total. The lowest BCUT2D eigenvalue weighted by atomic mass is 10.1. The number of unbranched alkanes of at least 4 members (excludes halogenated alkanes) is 9. The first-order valence-corrected chi connectivity index (χ1v) is 12.8. The fourth-order valence-corrected chi connectivity index (χ4v) is 3.58. The Morgan fingerprint density at radius 2 is 1.28 bits per heavy atom. The summed E-state index contributed by atoms with van der Waals surface area (Å²) in [4.78, 5) is 4.57. The summed E-state index contributed by atoms with van der Waals surface area (Å²) in [6, 6.07) is 7.99. The van der Waals surface area contributed by atoms with Gasteiger partial charge >= 0.3 is 0 Å². The third-order valence-electron chi connectivity index (χ3n) is 5.62. The standard InChI is InChI=1S/C27H43N3O2/c1-3-5-7-9-10-13-22-32-27-19-18-26(29-30-27)25-17-16-24(23-28-25)15-11-14-21-31-20-12-8-6-4-2/h16-19,23H,3-15,20-22H2,1-2H3. The van der Waals surface area contributed by atoms with E-state index in [4.69, 9.17) is 9.47 Å². The van der Waals surface area contributed by atoms with Crippen molar-refractivity contribution in [3.8, 4) is 17.3 Å². The van der Waals surface area contributed by atoms with Crippen molar-refractivity contribution >= 4 is 0 Å². The molecule has 0 atom stereocenters. The van der Waals surface area contributed by atoms with Crippen LogP contribution in [0.1, 0.15) is 96.5 Å². The first-order chi connectivity index (χ1) is 15.8. The normalized spacial score (nSPS) is 11.1. The van der Waals surface area contributed by atoms with Crippen molar-refractivity contribution in [1.29, 1.82) is 0 Å². The summed E-state index contributed by atoms with van der Waals surface area (Å²) in [5.74, 6) is 0.589. The van der Waals surface area contributed by atoms with Gasteiger partial charge in [0.25, 0.3) is 0 Å². The van der Waals surface area contributed by atoms with Gasteiger partial charge in [0, 0.05) is 25.5 Å². The summed E-state index contributed by atoms with van der Waals surface area (Å²) in [5.41, 5.74) is 2.88. The Morgan fingerprint density at radius 1 is 0.625 bits per heavy atom. The van der Waals surface area contributed by atoms with Gasteiger partial charge in [-0.2, -0.15) is 0 Å². The van der Waals surface area contributed by atoms with Crippen LogP contribution in [-0.4, -0.2) is 35.0 Å². The quantitative estimate of drug-likeness (QED) is 0.216. The predicted molar refractivity (Wildman–Crippen MR) is 132 cm³/mol. The summed E-state index contributed by atoms with van der Waals surface area (Å²) >= 11 is 0. The summed E-state index contributed by atoms with van der Waals surface area (Å²) in [6.07, 6.45) is 17.8. The SMILES string of the molecule is CCCCCCCCOc1ccc(-c2ccc(CCCCOCCCCCC)cn2)nn1. The van der Waals surface area contributed by atoms with E-state index in [0.29, 0.717) is 12.5 Å². The zero-order chi connectivity index (χ0) is 22.7. The van der Waals surface area contributed by atoms with Gasteiger partial charge in [0.1, 0.15) is 5.69 Å². The van der Waals surface area contributed by atoms with Crippen LogP contribution in [0.4, 0.5) is 0 Å². The van der Waals surface area contributed by atoms with Crippen LogP contribution in [0.2, 0.25) is 0 Å². The molecule has 0 aliphatic carbocycles. The molecular weight excluding hydrogens is 398 g/mol. The van der Waals surface area contributed by atoms with Crippen LogP contribution in [0.5, 0.6) is 5.88 Å². The lowest BCUT2D eigenvalue weighted by Crippen LogP contribution is -2.01. The van der Waals surface area contributed by atoms with E-state index < -0.39 is 0 Å². The van der Waals surface area contributed by atoms with Crippen LogP contribution in [-0.2, 0) is 11.2 Å². The number of rotatable bonds is 19. The highest BCUT2D eigenvalue weighted by Gasteiger charge is 2.04. The second-order valence-electron chi connectivity index (χ2n) is 8.55. The molecule has 0 aliphatic rings. The Kier molecular flexibility index (Phi) is 14.4. The van der Waals surface area contributed by atoms with Gasteiger partial charge in [0.2, 0.25) is 5.88 Å². The highest BCUT2D eigenvalue weighted by atomic mass is 16.5. The molecule has 0 saturated heterocycles. The van der Waals surface area contributed by atoms with Crippen molar-refractivity contribution < 1.29 is 9.47 Å². The minimum Gasteiger partial charge on any atom is -0.477 e. The van der Waals surface area contributed by atoms with Gasteiger partial charge in [-0.1, -0.05) is 71.3 Å². The molecule has 0 unspecified atom stereocenters. The van der Waals surface area contributed by atoms with Gasteiger partial charge < -0.3 is 9.47 Å². The molecule has 0 bridgehead atoms. The van der Waals surface area contributed by atoms with Crippen molar-refractivity contribution in [1.82, 2.24) is 15.2 Å². The lowest BCUT2D eigenvalue weighted by Gasteiger charge is -2.06. The molecule has 178 valence electrons. The molecule has 2 rings (SSSR count). The maximum Gasteiger partial charge on any atom is 0.233 e. The Hall–Kier alpha value is -2.01. The fraction of sp³-hybridized carbons (Fsp3) is 0.667. The Labute approximate surface area is 195 Å². The van der Waals surface area contributed by atoms with E-state index in [1.165, 1.54) is 63.4 Å².